The van der Waals surface area contributed by atoms with Crippen molar-refractivity contribution in [2.24, 2.45) is 0 Å². The molecule has 1 saturated heterocycles. The van der Waals surface area contributed by atoms with E-state index in [0.29, 0.717) is 0 Å². The fourth-order valence-corrected chi connectivity index (χ4v) is 4.71. The quantitative estimate of drug-likeness (QED) is 0.414. The number of benzene rings is 3. The van der Waals surface area contributed by atoms with Crippen molar-refractivity contribution >= 4 is 10.8 Å². The van der Waals surface area contributed by atoms with E-state index in [4.69, 9.17) is 4.74 Å². The summed E-state index contributed by atoms with van der Waals surface area (Å²) in [5.74, 6) is 0.967. The van der Waals surface area contributed by atoms with Crippen molar-refractivity contribution in [2.75, 3.05) is 45.9 Å². The minimum absolute atomic E-state index is 0.255. The fourth-order valence-electron chi connectivity index (χ4n) is 4.71. The van der Waals surface area contributed by atoms with Gasteiger partial charge in [-0.05, 0) is 85.3 Å². The molecule has 0 spiro atoms. The average Bonchev–Trinajstić information content (AvgIpc) is 3.07. The number of β-amino-alcohol motifs (C(OH)–C–C–N with tert-alkyl or cyclic N) is 1. The summed E-state index contributed by atoms with van der Waals surface area (Å²) in [5, 5.41) is 11.7. The van der Waals surface area contributed by atoms with E-state index in [1.54, 1.807) is 0 Å². The van der Waals surface area contributed by atoms with E-state index in [0.717, 1.165) is 64.5 Å². The molecule has 3 aromatic rings. The molecule has 0 unspecified atom stereocenters. The molecule has 0 aromatic heterocycles. The van der Waals surface area contributed by atoms with Crippen molar-refractivity contribution in [3.8, 4) is 5.75 Å². The molecule has 4 nitrogen and oxygen atoms in total. The molecule has 0 atom stereocenters. The first-order valence-corrected chi connectivity index (χ1v) is 12.6. The van der Waals surface area contributed by atoms with Crippen molar-refractivity contribution in [3.05, 3.63) is 77.9 Å². The SMILES string of the molecule is OCCN1CCCN(Cc2ccc3cc(OCCCCCc4ccccc4)ccc3c2)CC1. The highest BCUT2D eigenvalue weighted by Gasteiger charge is 2.14. The van der Waals surface area contributed by atoms with Crippen molar-refractivity contribution in [3.63, 3.8) is 0 Å². The topological polar surface area (TPSA) is 35.9 Å². The van der Waals surface area contributed by atoms with E-state index >= 15 is 0 Å². The number of hydrogen-bond donors (Lipinski definition) is 1. The highest BCUT2D eigenvalue weighted by molar-refractivity contribution is 5.84. The zero-order valence-electron chi connectivity index (χ0n) is 19.8. The molecule has 4 rings (SSSR count). The summed E-state index contributed by atoms with van der Waals surface area (Å²) in [4.78, 5) is 4.90. The van der Waals surface area contributed by atoms with Crippen LogP contribution >= 0.6 is 0 Å². The van der Waals surface area contributed by atoms with E-state index in [1.807, 2.05) is 0 Å². The summed E-state index contributed by atoms with van der Waals surface area (Å²) in [6.45, 7) is 7.14. The molecule has 0 bridgehead atoms. The van der Waals surface area contributed by atoms with E-state index in [2.05, 4.69) is 76.5 Å². The lowest BCUT2D eigenvalue weighted by Crippen LogP contribution is -2.32. The summed E-state index contributed by atoms with van der Waals surface area (Å²) >= 11 is 0. The summed E-state index contributed by atoms with van der Waals surface area (Å²) in [7, 11) is 0. The van der Waals surface area contributed by atoms with E-state index in [9.17, 15) is 5.11 Å². The van der Waals surface area contributed by atoms with Gasteiger partial charge < -0.3 is 9.84 Å². The Kier molecular flexibility index (Phi) is 9.17. The van der Waals surface area contributed by atoms with Crippen molar-refractivity contribution in [1.82, 2.24) is 9.80 Å². The number of hydrogen-bond acceptors (Lipinski definition) is 4. The van der Waals surface area contributed by atoms with Gasteiger partial charge in [-0.3, -0.25) is 9.80 Å². The van der Waals surface area contributed by atoms with Crippen molar-refractivity contribution < 1.29 is 9.84 Å². The minimum Gasteiger partial charge on any atom is -0.494 e. The van der Waals surface area contributed by atoms with E-state index in [1.165, 1.54) is 41.2 Å². The molecule has 1 aliphatic rings. The maximum atomic E-state index is 9.19. The molecule has 0 saturated carbocycles. The molecule has 1 fully saturated rings. The third-order valence-electron chi connectivity index (χ3n) is 6.60. The summed E-state index contributed by atoms with van der Waals surface area (Å²) in [6.07, 6.45) is 5.82. The van der Waals surface area contributed by atoms with Gasteiger partial charge in [0.15, 0.2) is 0 Å². The molecule has 0 amide bonds. The van der Waals surface area contributed by atoms with E-state index in [-0.39, 0.29) is 6.61 Å². The fraction of sp³-hybridized carbons (Fsp3) is 0.448. The van der Waals surface area contributed by atoms with Gasteiger partial charge in [-0.2, -0.15) is 0 Å². The van der Waals surface area contributed by atoms with Gasteiger partial charge in [0.1, 0.15) is 5.75 Å². The molecule has 1 heterocycles. The smallest absolute Gasteiger partial charge is 0.119 e. The monoisotopic (exact) mass is 446 g/mol. The number of nitrogens with zero attached hydrogens (tertiary/aromatic N) is 2. The molecule has 1 N–H and O–H groups in total. The highest BCUT2D eigenvalue weighted by Crippen LogP contribution is 2.23. The van der Waals surface area contributed by atoms with Crippen LogP contribution in [0.4, 0.5) is 0 Å². The normalized spacial score (nSPS) is 15.5. The maximum Gasteiger partial charge on any atom is 0.119 e. The van der Waals surface area contributed by atoms with Gasteiger partial charge in [-0.25, -0.2) is 0 Å². The average molecular weight is 447 g/mol. The molecule has 1 aliphatic heterocycles. The number of fused-ring (bicyclic) bond motifs is 1. The number of aliphatic hydroxyl groups is 1. The lowest BCUT2D eigenvalue weighted by Gasteiger charge is -2.21. The van der Waals surface area contributed by atoms with Crippen LogP contribution in [0.5, 0.6) is 5.75 Å². The van der Waals surface area contributed by atoms with Gasteiger partial charge in [0.05, 0.1) is 13.2 Å². The lowest BCUT2D eigenvalue weighted by molar-refractivity contribution is 0.196. The zero-order chi connectivity index (χ0) is 22.7. The van der Waals surface area contributed by atoms with Crippen LogP contribution < -0.4 is 4.74 Å². The van der Waals surface area contributed by atoms with Crippen LogP contribution in [-0.2, 0) is 13.0 Å². The van der Waals surface area contributed by atoms with E-state index < -0.39 is 0 Å². The number of aryl methyl sites for hydroxylation is 1. The second-order valence-corrected chi connectivity index (χ2v) is 9.18. The molecule has 0 radical (unpaired) electrons. The van der Waals surface area contributed by atoms with Crippen LogP contribution in [0, 0.1) is 0 Å². The van der Waals surface area contributed by atoms with Gasteiger partial charge in [0, 0.05) is 26.2 Å². The molecule has 3 aromatic carbocycles. The van der Waals surface area contributed by atoms with Crippen LogP contribution in [0.1, 0.15) is 36.8 Å². The Labute approximate surface area is 198 Å². The zero-order valence-corrected chi connectivity index (χ0v) is 19.8. The van der Waals surface area contributed by atoms with Crippen molar-refractivity contribution in [2.45, 2.75) is 38.6 Å². The molecule has 4 heteroatoms. The molecule has 176 valence electrons. The summed E-state index contributed by atoms with van der Waals surface area (Å²) < 4.78 is 6.03. The van der Waals surface area contributed by atoms with Crippen LogP contribution in [0.3, 0.4) is 0 Å². The second-order valence-electron chi connectivity index (χ2n) is 9.18. The van der Waals surface area contributed by atoms with Crippen molar-refractivity contribution in [1.29, 1.82) is 0 Å². The van der Waals surface area contributed by atoms with Gasteiger partial charge in [-0.1, -0.05) is 48.5 Å². The summed E-state index contributed by atoms with van der Waals surface area (Å²) in [6, 6.07) is 24.0. The predicted octanol–water partition coefficient (Wildman–Crippen LogP) is 5.13. The predicted molar refractivity (Wildman–Crippen MR) is 137 cm³/mol. The van der Waals surface area contributed by atoms with Gasteiger partial charge in [0.2, 0.25) is 0 Å². The Morgan fingerprint density at radius 2 is 1.52 bits per heavy atom. The third-order valence-corrected chi connectivity index (χ3v) is 6.60. The lowest BCUT2D eigenvalue weighted by atomic mass is 10.1. The van der Waals surface area contributed by atoms with Gasteiger partial charge >= 0.3 is 0 Å². The first-order valence-electron chi connectivity index (χ1n) is 12.6. The standard InChI is InChI=1S/C29H38N2O2/c32-20-19-30-15-7-16-31(18-17-30)24-26-11-12-28-23-29(14-13-27(28)22-26)33-21-6-2-5-10-25-8-3-1-4-9-25/h1,3-4,8-9,11-14,22-23,32H,2,5-7,10,15-21,24H2. The Hall–Kier alpha value is -2.40. The molecule has 0 aliphatic carbocycles. The number of unbranched alkanes of at least 4 members (excludes halogenated alkanes) is 2. The molecule has 33 heavy (non-hydrogen) atoms. The van der Waals surface area contributed by atoms with Crippen LogP contribution in [0.15, 0.2) is 66.7 Å². The number of aliphatic hydroxyl groups excluding tert-OH is 1. The number of ether oxygens (including phenoxy) is 1. The Bertz CT molecular complexity index is 976. The maximum absolute atomic E-state index is 9.19. The van der Waals surface area contributed by atoms with Gasteiger partial charge in [0.25, 0.3) is 0 Å². The first kappa shape index (κ1) is 23.7. The Balaban J connectivity index is 1.22. The van der Waals surface area contributed by atoms with Crippen LogP contribution in [0.2, 0.25) is 0 Å². The first-order chi connectivity index (χ1) is 16.3. The Morgan fingerprint density at radius 3 is 2.39 bits per heavy atom. The minimum atomic E-state index is 0.255. The summed E-state index contributed by atoms with van der Waals surface area (Å²) in [5.41, 5.74) is 2.79. The van der Waals surface area contributed by atoms with Crippen LogP contribution in [0.25, 0.3) is 10.8 Å². The second kappa shape index (κ2) is 12.7. The highest BCUT2D eigenvalue weighted by atomic mass is 16.5. The number of rotatable bonds is 11. The third kappa shape index (κ3) is 7.56. The molecular formula is C29H38N2O2. The largest absolute Gasteiger partial charge is 0.494 e. The van der Waals surface area contributed by atoms with Gasteiger partial charge in [-0.15, -0.1) is 0 Å². The Morgan fingerprint density at radius 1 is 0.727 bits per heavy atom. The van der Waals surface area contributed by atoms with Crippen LogP contribution in [-0.4, -0.2) is 60.8 Å². The molecular weight excluding hydrogens is 408 g/mol.